The van der Waals surface area contributed by atoms with Gasteiger partial charge in [-0.05, 0) is 29.8 Å². The molecule has 0 aliphatic heterocycles. The van der Waals surface area contributed by atoms with Crippen LogP contribution < -0.4 is 5.32 Å². The van der Waals surface area contributed by atoms with E-state index in [-0.39, 0.29) is 11.9 Å². The first kappa shape index (κ1) is 11.8. The van der Waals surface area contributed by atoms with Crippen LogP contribution in [0.4, 0.5) is 0 Å². The minimum Gasteiger partial charge on any atom is -0.454 e. The number of carbonyl (C=O) groups is 1. The highest BCUT2D eigenvalue weighted by Gasteiger charge is 2.15. The predicted octanol–water partition coefficient (Wildman–Crippen LogP) is 2.86. The molecule has 3 nitrogen and oxygen atoms in total. The molecule has 0 fully saturated rings. The van der Waals surface area contributed by atoms with Crippen LogP contribution in [0.2, 0.25) is 0 Å². The number of amides is 1. The molecule has 0 saturated carbocycles. The van der Waals surface area contributed by atoms with Crippen LogP contribution in [0, 0.1) is 6.92 Å². The zero-order valence-corrected chi connectivity index (χ0v) is 11.1. The number of alkyl halides is 1. The fourth-order valence-electron chi connectivity index (χ4n) is 1.01. The third-order valence-corrected chi connectivity index (χ3v) is 3.10. The Kier molecular flexibility index (Phi) is 4.19. The summed E-state index contributed by atoms with van der Waals surface area (Å²) >= 11 is 6.47. The highest BCUT2D eigenvalue weighted by Crippen LogP contribution is 2.19. The summed E-state index contributed by atoms with van der Waals surface area (Å²) in [4.78, 5) is 11.6. The van der Waals surface area contributed by atoms with Crippen molar-refractivity contribution in [3.63, 3.8) is 0 Å². The van der Waals surface area contributed by atoms with Crippen molar-refractivity contribution < 1.29 is 9.21 Å². The summed E-state index contributed by atoms with van der Waals surface area (Å²) in [5.74, 6) is 0.514. The number of hydrogen-bond donors (Lipinski definition) is 1. The van der Waals surface area contributed by atoms with E-state index >= 15 is 0 Å². The van der Waals surface area contributed by atoms with Gasteiger partial charge in [0, 0.05) is 17.4 Å². The molecule has 1 atom stereocenters. The normalized spacial score (nSPS) is 12.6. The van der Waals surface area contributed by atoms with Crippen LogP contribution >= 0.6 is 31.9 Å². The summed E-state index contributed by atoms with van der Waals surface area (Å²) in [6.07, 6.45) is 0. The van der Waals surface area contributed by atoms with Crippen molar-refractivity contribution >= 4 is 37.8 Å². The first-order valence-electron chi connectivity index (χ1n) is 4.17. The van der Waals surface area contributed by atoms with Gasteiger partial charge in [0.15, 0.2) is 4.67 Å². The number of carbonyl (C=O) groups excluding carboxylic acids is 1. The van der Waals surface area contributed by atoms with E-state index in [0.717, 1.165) is 5.33 Å². The van der Waals surface area contributed by atoms with Gasteiger partial charge in [0.2, 0.25) is 0 Å². The Morgan fingerprint density at radius 2 is 2.36 bits per heavy atom. The minimum atomic E-state index is -0.107. The molecule has 14 heavy (non-hydrogen) atoms. The molecule has 5 heteroatoms. The molecule has 1 rings (SSSR count). The van der Waals surface area contributed by atoms with Gasteiger partial charge in [-0.15, -0.1) is 0 Å². The Morgan fingerprint density at radius 3 is 2.79 bits per heavy atom. The molecule has 1 heterocycles. The minimum absolute atomic E-state index is 0.107. The smallest absolute Gasteiger partial charge is 0.255 e. The second-order valence-electron chi connectivity index (χ2n) is 3.05. The maximum absolute atomic E-state index is 11.6. The quantitative estimate of drug-likeness (QED) is 0.869. The van der Waals surface area contributed by atoms with Crippen molar-refractivity contribution in [1.29, 1.82) is 0 Å². The lowest BCUT2D eigenvalue weighted by Crippen LogP contribution is -2.33. The zero-order chi connectivity index (χ0) is 10.7. The van der Waals surface area contributed by atoms with Gasteiger partial charge in [-0.1, -0.05) is 15.9 Å². The monoisotopic (exact) mass is 323 g/mol. The lowest BCUT2D eigenvalue weighted by Gasteiger charge is -2.09. The van der Waals surface area contributed by atoms with Crippen LogP contribution in [-0.2, 0) is 0 Å². The molecular formula is C9H11Br2NO2. The molecule has 0 spiro atoms. The summed E-state index contributed by atoms with van der Waals surface area (Å²) in [5, 5.41) is 3.57. The Hall–Kier alpha value is -0.290. The van der Waals surface area contributed by atoms with Crippen molar-refractivity contribution in [1.82, 2.24) is 5.32 Å². The number of rotatable bonds is 3. The molecule has 1 N–H and O–H groups in total. The summed E-state index contributed by atoms with van der Waals surface area (Å²) < 4.78 is 5.77. The van der Waals surface area contributed by atoms with Gasteiger partial charge in [0.05, 0.1) is 5.56 Å². The average molecular weight is 325 g/mol. The van der Waals surface area contributed by atoms with E-state index in [1.54, 1.807) is 13.0 Å². The molecule has 1 aromatic rings. The zero-order valence-electron chi connectivity index (χ0n) is 7.93. The number of furan rings is 1. The number of nitrogens with one attached hydrogen (secondary N) is 1. The second-order valence-corrected chi connectivity index (χ2v) is 4.48. The van der Waals surface area contributed by atoms with Crippen molar-refractivity contribution in [2.24, 2.45) is 0 Å². The van der Waals surface area contributed by atoms with E-state index in [4.69, 9.17) is 4.42 Å². The number of halogens is 2. The van der Waals surface area contributed by atoms with Crippen LogP contribution in [0.25, 0.3) is 0 Å². The summed E-state index contributed by atoms with van der Waals surface area (Å²) in [6, 6.07) is 1.78. The van der Waals surface area contributed by atoms with Gasteiger partial charge >= 0.3 is 0 Å². The third-order valence-electron chi connectivity index (χ3n) is 1.74. The van der Waals surface area contributed by atoms with Gasteiger partial charge in [-0.2, -0.15) is 0 Å². The van der Waals surface area contributed by atoms with Gasteiger partial charge in [-0.3, -0.25) is 4.79 Å². The maximum atomic E-state index is 11.6. The standard InChI is InChI=1S/C9H11Br2NO2/c1-5(4-10)12-9(13)7-3-8(11)14-6(7)2/h3,5H,4H2,1-2H3,(H,12,13). The van der Waals surface area contributed by atoms with Gasteiger partial charge < -0.3 is 9.73 Å². The Labute approximate surface area is 99.5 Å². The van der Waals surface area contributed by atoms with Crippen LogP contribution in [0.3, 0.4) is 0 Å². The van der Waals surface area contributed by atoms with Gasteiger partial charge in [-0.25, -0.2) is 0 Å². The molecule has 0 bridgehead atoms. The maximum Gasteiger partial charge on any atom is 0.255 e. The highest BCUT2D eigenvalue weighted by molar-refractivity contribution is 9.10. The molecular weight excluding hydrogens is 314 g/mol. The van der Waals surface area contributed by atoms with E-state index < -0.39 is 0 Å². The van der Waals surface area contributed by atoms with Gasteiger partial charge in [0.25, 0.3) is 5.91 Å². The van der Waals surface area contributed by atoms with E-state index in [1.807, 2.05) is 6.92 Å². The average Bonchev–Trinajstić information content (AvgIpc) is 2.45. The second kappa shape index (κ2) is 4.98. The number of hydrogen-bond acceptors (Lipinski definition) is 2. The largest absolute Gasteiger partial charge is 0.454 e. The lowest BCUT2D eigenvalue weighted by atomic mass is 10.2. The lowest BCUT2D eigenvalue weighted by molar-refractivity contribution is 0.0942. The molecule has 1 aromatic heterocycles. The Morgan fingerprint density at radius 1 is 1.71 bits per heavy atom. The molecule has 0 radical (unpaired) electrons. The molecule has 1 amide bonds. The topological polar surface area (TPSA) is 42.2 Å². The molecule has 1 unspecified atom stereocenters. The summed E-state index contributed by atoms with van der Waals surface area (Å²) in [6.45, 7) is 3.69. The van der Waals surface area contributed by atoms with Crippen molar-refractivity contribution in [2.75, 3.05) is 5.33 Å². The van der Waals surface area contributed by atoms with E-state index in [1.165, 1.54) is 0 Å². The van der Waals surface area contributed by atoms with Gasteiger partial charge in [0.1, 0.15) is 5.76 Å². The van der Waals surface area contributed by atoms with E-state index in [0.29, 0.717) is 16.0 Å². The molecule has 0 aromatic carbocycles. The van der Waals surface area contributed by atoms with E-state index in [9.17, 15) is 4.79 Å². The Balaban J connectivity index is 2.74. The first-order chi connectivity index (χ1) is 6.54. The summed E-state index contributed by atoms with van der Waals surface area (Å²) in [7, 11) is 0. The summed E-state index contributed by atoms with van der Waals surface area (Å²) in [5.41, 5.74) is 0.574. The Bertz CT molecular complexity index is 336. The first-order valence-corrected chi connectivity index (χ1v) is 6.08. The van der Waals surface area contributed by atoms with Crippen LogP contribution in [0.15, 0.2) is 15.2 Å². The third kappa shape index (κ3) is 2.85. The SMILES string of the molecule is Cc1oc(Br)cc1C(=O)NC(C)CBr. The van der Waals surface area contributed by atoms with Crippen molar-refractivity contribution in [3.8, 4) is 0 Å². The van der Waals surface area contributed by atoms with Crippen molar-refractivity contribution in [2.45, 2.75) is 19.9 Å². The fourth-order valence-corrected chi connectivity index (χ4v) is 1.64. The van der Waals surface area contributed by atoms with E-state index in [2.05, 4.69) is 37.2 Å². The fraction of sp³-hybridized carbons (Fsp3) is 0.444. The molecule has 0 aliphatic carbocycles. The van der Waals surface area contributed by atoms with Crippen LogP contribution in [0.1, 0.15) is 23.0 Å². The number of aryl methyl sites for hydroxylation is 1. The molecule has 0 aliphatic rings. The molecule has 0 saturated heterocycles. The van der Waals surface area contributed by atoms with Crippen LogP contribution in [0.5, 0.6) is 0 Å². The van der Waals surface area contributed by atoms with Crippen LogP contribution in [-0.4, -0.2) is 17.3 Å². The predicted molar refractivity (Wildman–Crippen MR) is 61.9 cm³/mol. The highest BCUT2D eigenvalue weighted by atomic mass is 79.9. The molecule has 78 valence electrons. The van der Waals surface area contributed by atoms with Crippen molar-refractivity contribution in [3.05, 3.63) is 22.1 Å².